The number of para-hydroxylation sites is 1. The van der Waals surface area contributed by atoms with Gasteiger partial charge in [-0.3, -0.25) is 9.59 Å². The van der Waals surface area contributed by atoms with Crippen molar-refractivity contribution in [1.82, 2.24) is 10.2 Å². The largest absolute Gasteiger partial charge is 0.483 e. The number of nitrogens with zero attached hydrogens (tertiary/aromatic N) is 1. The number of amides is 2. The lowest BCUT2D eigenvalue weighted by molar-refractivity contribution is -0.132. The average Bonchev–Trinajstić information content (AvgIpc) is 2.49. The Labute approximate surface area is 129 Å². The monoisotopic (exact) mass is 309 g/mol. The van der Waals surface area contributed by atoms with Gasteiger partial charge in [-0.05, 0) is 19.1 Å². The number of carbonyl (C=O) groups is 2. The molecule has 0 saturated heterocycles. The summed E-state index contributed by atoms with van der Waals surface area (Å²) in [4.78, 5) is 24.9. The molecule has 3 N–H and O–H groups in total. The minimum atomic E-state index is -0.384. The molecule has 0 unspecified atom stereocenters. The Balaban J connectivity index is 2.47. The first-order valence-electron chi connectivity index (χ1n) is 6.48. The van der Waals surface area contributed by atoms with Crippen molar-refractivity contribution in [2.24, 2.45) is 5.73 Å². The van der Waals surface area contributed by atoms with Gasteiger partial charge in [0.25, 0.3) is 5.91 Å². The molecule has 21 heavy (non-hydrogen) atoms. The van der Waals surface area contributed by atoms with Crippen LogP contribution in [0, 0.1) is 0 Å². The first-order chi connectivity index (χ1) is 9.95. The van der Waals surface area contributed by atoms with Gasteiger partial charge in [-0.1, -0.05) is 24.4 Å². The molecule has 0 atom stereocenters. The molecular weight excluding hydrogens is 290 g/mol. The number of carbonyl (C=O) groups excluding carboxylic acids is 2. The lowest BCUT2D eigenvalue weighted by Gasteiger charge is -2.15. The molecule has 114 valence electrons. The maximum absolute atomic E-state index is 11.6. The Morgan fingerprint density at radius 3 is 2.67 bits per heavy atom. The predicted octanol–water partition coefficient (Wildman–Crippen LogP) is 0.294. The summed E-state index contributed by atoms with van der Waals surface area (Å²) in [6, 6.07) is 6.93. The number of nitrogens with one attached hydrogen (secondary N) is 1. The van der Waals surface area contributed by atoms with E-state index in [0.29, 0.717) is 17.9 Å². The summed E-state index contributed by atoms with van der Waals surface area (Å²) in [6.07, 6.45) is 0. The van der Waals surface area contributed by atoms with Gasteiger partial charge in [-0.15, -0.1) is 0 Å². The van der Waals surface area contributed by atoms with Crippen molar-refractivity contribution in [2.45, 2.75) is 6.92 Å². The molecule has 7 heteroatoms. The smallest absolute Gasteiger partial charge is 0.258 e. The zero-order valence-electron chi connectivity index (χ0n) is 12.1. The molecule has 1 rings (SSSR count). The Kier molecular flexibility index (Phi) is 6.61. The highest BCUT2D eigenvalue weighted by atomic mass is 32.1. The van der Waals surface area contributed by atoms with Crippen molar-refractivity contribution in [2.75, 3.05) is 26.7 Å². The Morgan fingerprint density at radius 1 is 1.38 bits per heavy atom. The van der Waals surface area contributed by atoms with Crippen LogP contribution in [0.2, 0.25) is 0 Å². The standard InChI is InChI=1S/C14H19N3O3S/c1-3-17(2)13(19)8-16-12(18)9-20-11-7-5-4-6-10(11)14(15)21/h4-7H,3,8-9H2,1-2H3,(H2,15,21)(H,16,18). The van der Waals surface area contributed by atoms with Crippen molar-refractivity contribution >= 4 is 29.0 Å². The maximum atomic E-state index is 11.6. The molecular formula is C14H19N3O3S. The molecule has 0 radical (unpaired) electrons. The van der Waals surface area contributed by atoms with Crippen LogP contribution >= 0.6 is 12.2 Å². The van der Waals surface area contributed by atoms with E-state index in [2.05, 4.69) is 5.32 Å². The highest BCUT2D eigenvalue weighted by molar-refractivity contribution is 7.80. The molecule has 2 amide bonds. The van der Waals surface area contributed by atoms with Crippen LogP contribution in [-0.4, -0.2) is 48.4 Å². The second-order valence-corrected chi connectivity index (χ2v) is 4.77. The minimum absolute atomic E-state index is 0.0521. The first-order valence-corrected chi connectivity index (χ1v) is 6.88. The second kappa shape index (κ2) is 8.21. The van der Waals surface area contributed by atoms with Crippen LogP contribution < -0.4 is 15.8 Å². The summed E-state index contributed by atoms with van der Waals surface area (Å²) in [7, 11) is 1.67. The summed E-state index contributed by atoms with van der Waals surface area (Å²) in [5, 5.41) is 2.50. The van der Waals surface area contributed by atoms with E-state index in [0.717, 1.165) is 0 Å². The van der Waals surface area contributed by atoms with E-state index in [1.54, 1.807) is 31.3 Å². The van der Waals surface area contributed by atoms with Gasteiger partial charge in [-0.25, -0.2) is 0 Å². The lowest BCUT2D eigenvalue weighted by atomic mass is 10.2. The molecule has 0 bridgehead atoms. The topological polar surface area (TPSA) is 84.7 Å². The van der Waals surface area contributed by atoms with E-state index >= 15 is 0 Å². The number of hydrogen-bond acceptors (Lipinski definition) is 4. The Hall–Kier alpha value is -2.15. The van der Waals surface area contributed by atoms with Crippen LogP contribution in [-0.2, 0) is 9.59 Å². The van der Waals surface area contributed by atoms with Crippen molar-refractivity contribution in [3.05, 3.63) is 29.8 Å². The third kappa shape index (κ3) is 5.39. The maximum Gasteiger partial charge on any atom is 0.258 e. The second-order valence-electron chi connectivity index (χ2n) is 4.33. The molecule has 1 aromatic carbocycles. The molecule has 0 fully saturated rings. The zero-order valence-corrected chi connectivity index (χ0v) is 12.9. The fourth-order valence-corrected chi connectivity index (χ4v) is 1.64. The van der Waals surface area contributed by atoms with Gasteiger partial charge >= 0.3 is 0 Å². The quantitative estimate of drug-likeness (QED) is 0.707. The number of thiocarbonyl (C=S) groups is 1. The van der Waals surface area contributed by atoms with Crippen molar-refractivity contribution in [3.63, 3.8) is 0 Å². The summed E-state index contributed by atoms with van der Waals surface area (Å²) in [6.45, 7) is 2.19. The number of hydrogen-bond donors (Lipinski definition) is 2. The normalized spacial score (nSPS) is 9.81. The highest BCUT2D eigenvalue weighted by Gasteiger charge is 2.11. The highest BCUT2D eigenvalue weighted by Crippen LogP contribution is 2.17. The molecule has 0 spiro atoms. The van der Waals surface area contributed by atoms with Crippen molar-refractivity contribution < 1.29 is 14.3 Å². The van der Waals surface area contributed by atoms with Gasteiger partial charge < -0.3 is 20.7 Å². The Morgan fingerprint density at radius 2 is 2.05 bits per heavy atom. The van der Waals surface area contributed by atoms with E-state index in [9.17, 15) is 9.59 Å². The molecule has 6 nitrogen and oxygen atoms in total. The molecule has 0 aliphatic carbocycles. The fraction of sp³-hybridized carbons (Fsp3) is 0.357. The lowest BCUT2D eigenvalue weighted by Crippen LogP contribution is -2.39. The molecule has 0 heterocycles. The molecule has 0 saturated carbocycles. The summed E-state index contributed by atoms with van der Waals surface area (Å²) in [5.41, 5.74) is 6.14. The number of ether oxygens (including phenoxy) is 1. The van der Waals surface area contributed by atoms with Crippen LogP contribution in [0.4, 0.5) is 0 Å². The average molecular weight is 309 g/mol. The SMILES string of the molecule is CCN(C)C(=O)CNC(=O)COc1ccccc1C(N)=S. The third-order valence-corrected chi connectivity index (χ3v) is 3.07. The summed E-state index contributed by atoms with van der Waals surface area (Å²) in [5.74, 6) is -0.0999. The predicted molar refractivity (Wildman–Crippen MR) is 84.1 cm³/mol. The van der Waals surface area contributed by atoms with Gasteiger partial charge in [-0.2, -0.15) is 0 Å². The number of nitrogens with two attached hydrogens (primary N) is 1. The van der Waals surface area contributed by atoms with E-state index in [1.807, 2.05) is 6.92 Å². The summed E-state index contributed by atoms with van der Waals surface area (Å²) < 4.78 is 5.37. The van der Waals surface area contributed by atoms with Gasteiger partial charge in [0, 0.05) is 13.6 Å². The van der Waals surface area contributed by atoms with Crippen molar-refractivity contribution in [3.8, 4) is 5.75 Å². The molecule has 0 aromatic heterocycles. The number of rotatable bonds is 7. The summed E-state index contributed by atoms with van der Waals surface area (Å²) >= 11 is 4.90. The van der Waals surface area contributed by atoms with Crippen molar-refractivity contribution in [1.29, 1.82) is 0 Å². The number of likely N-dealkylation sites (N-methyl/N-ethyl adjacent to an activating group) is 1. The van der Waals surface area contributed by atoms with Crippen LogP contribution in [0.3, 0.4) is 0 Å². The van der Waals surface area contributed by atoms with E-state index in [1.165, 1.54) is 4.90 Å². The fourth-order valence-electron chi connectivity index (χ4n) is 1.48. The Bertz CT molecular complexity index is 534. The van der Waals surface area contributed by atoms with E-state index in [-0.39, 0.29) is 30.0 Å². The van der Waals surface area contributed by atoms with Crippen LogP contribution in [0.25, 0.3) is 0 Å². The van der Waals surface area contributed by atoms with Gasteiger partial charge in [0.15, 0.2) is 6.61 Å². The molecule has 0 aliphatic heterocycles. The third-order valence-electron chi connectivity index (χ3n) is 2.85. The van der Waals surface area contributed by atoms with Crippen LogP contribution in [0.5, 0.6) is 5.75 Å². The van der Waals surface area contributed by atoms with Gasteiger partial charge in [0.2, 0.25) is 5.91 Å². The van der Waals surface area contributed by atoms with E-state index < -0.39 is 0 Å². The van der Waals surface area contributed by atoms with E-state index in [4.69, 9.17) is 22.7 Å². The van der Waals surface area contributed by atoms with Gasteiger partial charge in [0.05, 0.1) is 12.1 Å². The molecule has 0 aliphatic rings. The zero-order chi connectivity index (χ0) is 15.8. The van der Waals surface area contributed by atoms with Crippen LogP contribution in [0.1, 0.15) is 12.5 Å². The molecule has 1 aromatic rings. The van der Waals surface area contributed by atoms with Crippen LogP contribution in [0.15, 0.2) is 24.3 Å². The number of benzene rings is 1. The van der Waals surface area contributed by atoms with Gasteiger partial charge in [0.1, 0.15) is 10.7 Å². The minimum Gasteiger partial charge on any atom is -0.483 e. The first kappa shape index (κ1) is 16.9.